The summed E-state index contributed by atoms with van der Waals surface area (Å²) in [6, 6.07) is 4.38. The Morgan fingerprint density at radius 2 is 2.10 bits per heavy atom. The van der Waals surface area contributed by atoms with Crippen molar-refractivity contribution in [2.75, 3.05) is 12.0 Å². The highest BCUT2D eigenvalue weighted by Gasteiger charge is 2.33. The van der Waals surface area contributed by atoms with E-state index in [0.717, 1.165) is 12.8 Å². The molecule has 1 N–H and O–H groups in total. The summed E-state index contributed by atoms with van der Waals surface area (Å²) in [6.45, 7) is 0. The van der Waals surface area contributed by atoms with Gasteiger partial charge in [0.15, 0.2) is 9.84 Å². The minimum atomic E-state index is -3.25. The molecule has 0 aromatic heterocycles. The van der Waals surface area contributed by atoms with Gasteiger partial charge in [0.05, 0.1) is 10.6 Å². The summed E-state index contributed by atoms with van der Waals surface area (Å²) in [7, 11) is -3.25. The van der Waals surface area contributed by atoms with Crippen molar-refractivity contribution in [3.05, 3.63) is 29.6 Å². The monoisotopic (exact) mass is 329 g/mol. The molecule has 6 heteroatoms. The van der Waals surface area contributed by atoms with Gasteiger partial charge in [-0.15, -0.1) is 0 Å². The van der Waals surface area contributed by atoms with E-state index in [-0.39, 0.29) is 17.6 Å². The SMILES string of the molecule is CSC1CCC(NC2CCS(=O)(=O)c3ccc(F)cc32)C1. The van der Waals surface area contributed by atoms with Gasteiger partial charge in [-0.2, -0.15) is 11.8 Å². The van der Waals surface area contributed by atoms with Gasteiger partial charge < -0.3 is 5.32 Å². The van der Waals surface area contributed by atoms with Gasteiger partial charge in [-0.05, 0) is 55.7 Å². The first kappa shape index (κ1) is 15.3. The second-order valence-electron chi connectivity index (χ2n) is 5.88. The molecular weight excluding hydrogens is 309 g/mol. The molecule has 1 saturated carbocycles. The summed E-state index contributed by atoms with van der Waals surface area (Å²) in [5.74, 6) is -0.229. The molecule has 1 aliphatic heterocycles. The van der Waals surface area contributed by atoms with Gasteiger partial charge in [0.1, 0.15) is 5.82 Å². The standard InChI is InChI=1S/C15H20FNO2S2/c1-20-12-4-3-11(9-12)17-14-6-7-21(18,19)15-5-2-10(16)8-13(14)15/h2,5,8,11-12,14,17H,3-4,6-7,9H2,1H3. The average Bonchev–Trinajstić information content (AvgIpc) is 2.89. The van der Waals surface area contributed by atoms with Crippen LogP contribution in [0, 0.1) is 5.82 Å². The fraction of sp³-hybridized carbons (Fsp3) is 0.600. The summed E-state index contributed by atoms with van der Waals surface area (Å²) in [5, 5.41) is 4.24. The first-order valence-electron chi connectivity index (χ1n) is 7.30. The topological polar surface area (TPSA) is 46.2 Å². The number of thioether (sulfide) groups is 1. The molecule has 0 spiro atoms. The Morgan fingerprint density at radius 3 is 2.81 bits per heavy atom. The van der Waals surface area contributed by atoms with E-state index in [1.54, 1.807) is 0 Å². The maximum atomic E-state index is 13.5. The normalized spacial score (nSPS) is 31.0. The van der Waals surface area contributed by atoms with Crippen LogP contribution in [0.15, 0.2) is 23.1 Å². The summed E-state index contributed by atoms with van der Waals surface area (Å²) in [4.78, 5) is 0.298. The fourth-order valence-electron chi connectivity index (χ4n) is 3.38. The van der Waals surface area contributed by atoms with Crippen molar-refractivity contribution in [2.45, 2.75) is 47.9 Å². The summed E-state index contributed by atoms with van der Waals surface area (Å²) in [6.07, 6.45) is 6.07. The van der Waals surface area contributed by atoms with E-state index in [9.17, 15) is 12.8 Å². The Hall–Kier alpha value is -0.590. The second-order valence-corrected chi connectivity index (χ2v) is 9.09. The zero-order chi connectivity index (χ0) is 15.0. The van der Waals surface area contributed by atoms with Crippen LogP contribution >= 0.6 is 11.8 Å². The van der Waals surface area contributed by atoms with E-state index >= 15 is 0 Å². The van der Waals surface area contributed by atoms with Crippen LogP contribution in [0.25, 0.3) is 0 Å². The second kappa shape index (κ2) is 5.89. The number of nitrogens with one attached hydrogen (secondary N) is 1. The van der Waals surface area contributed by atoms with Crippen LogP contribution in [0.2, 0.25) is 0 Å². The van der Waals surface area contributed by atoms with E-state index in [2.05, 4.69) is 11.6 Å². The number of fused-ring (bicyclic) bond motifs is 1. The molecule has 1 fully saturated rings. The molecule has 116 valence electrons. The maximum Gasteiger partial charge on any atom is 0.178 e. The smallest absolute Gasteiger partial charge is 0.178 e. The van der Waals surface area contributed by atoms with Crippen molar-refractivity contribution >= 4 is 21.6 Å². The van der Waals surface area contributed by atoms with Gasteiger partial charge in [-0.25, -0.2) is 12.8 Å². The highest BCUT2D eigenvalue weighted by molar-refractivity contribution is 7.99. The van der Waals surface area contributed by atoms with Gasteiger partial charge in [0.25, 0.3) is 0 Å². The number of rotatable bonds is 3. The zero-order valence-electron chi connectivity index (χ0n) is 12.0. The van der Waals surface area contributed by atoms with Gasteiger partial charge >= 0.3 is 0 Å². The van der Waals surface area contributed by atoms with Crippen LogP contribution in [0.3, 0.4) is 0 Å². The molecule has 0 saturated heterocycles. The quantitative estimate of drug-likeness (QED) is 0.866. The lowest BCUT2D eigenvalue weighted by Crippen LogP contribution is -2.35. The molecule has 2 aliphatic rings. The van der Waals surface area contributed by atoms with E-state index < -0.39 is 9.84 Å². The number of hydrogen-bond donors (Lipinski definition) is 1. The minimum Gasteiger partial charge on any atom is -0.307 e. The lowest BCUT2D eigenvalue weighted by atomic mass is 10.0. The van der Waals surface area contributed by atoms with E-state index in [0.29, 0.717) is 28.2 Å². The van der Waals surface area contributed by atoms with Crippen molar-refractivity contribution in [1.82, 2.24) is 5.32 Å². The van der Waals surface area contributed by atoms with E-state index in [1.165, 1.54) is 24.6 Å². The predicted molar refractivity (Wildman–Crippen MR) is 83.9 cm³/mol. The first-order chi connectivity index (χ1) is 9.99. The lowest BCUT2D eigenvalue weighted by Gasteiger charge is -2.29. The highest BCUT2D eigenvalue weighted by atomic mass is 32.2. The molecule has 21 heavy (non-hydrogen) atoms. The largest absolute Gasteiger partial charge is 0.307 e. The van der Waals surface area contributed by atoms with Crippen LogP contribution in [-0.4, -0.2) is 31.7 Å². The molecule has 1 aliphatic carbocycles. The third-order valence-electron chi connectivity index (χ3n) is 4.51. The lowest BCUT2D eigenvalue weighted by molar-refractivity contribution is 0.417. The molecule has 1 aromatic rings. The molecule has 1 aromatic carbocycles. The molecule has 0 amide bonds. The Morgan fingerprint density at radius 1 is 1.29 bits per heavy atom. The van der Waals surface area contributed by atoms with Crippen molar-refractivity contribution in [3.63, 3.8) is 0 Å². The molecular formula is C15H20FNO2S2. The van der Waals surface area contributed by atoms with Gasteiger partial charge in [-0.3, -0.25) is 0 Å². The van der Waals surface area contributed by atoms with Crippen LogP contribution in [0.4, 0.5) is 4.39 Å². The van der Waals surface area contributed by atoms with Crippen molar-refractivity contribution in [2.24, 2.45) is 0 Å². The Kier molecular flexibility index (Phi) is 4.30. The third-order valence-corrected chi connectivity index (χ3v) is 7.42. The van der Waals surface area contributed by atoms with Gasteiger partial charge in [0.2, 0.25) is 0 Å². The fourth-order valence-corrected chi connectivity index (χ4v) is 5.77. The predicted octanol–water partition coefficient (Wildman–Crippen LogP) is 2.92. The van der Waals surface area contributed by atoms with Crippen molar-refractivity contribution in [1.29, 1.82) is 0 Å². The van der Waals surface area contributed by atoms with Crippen molar-refractivity contribution in [3.8, 4) is 0 Å². The van der Waals surface area contributed by atoms with Crippen LogP contribution in [0.5, 0.6) is 0 Å². The minimum absolute atomic E-state index is 0.0511. The first-order valence-corrected chi connectivity index (χ1v) is 10.2. The number of hydrogen-bond acceptors (Lipinski definition) is 4. The molecule has 3 nitrogen and oxygen atoms in total. The summed E-state index contributed by atoms with van der Waals surface area (Å²) >= 11 is 1.89. The molecule has 0 bridgehead atoms. The zero-order valence-corrected chi connectivity index (χ0v) is 13.6. The molecule has 3 atom stereocenters. The maximum absolute atomic E-state index is 13.5. The Bertz CT molecular complexity index is 633. The van der Waals surface area contributed by atoms with Crippen molar-refractivity contribution < 1.29 is 12.8 Å². The average molecular weight is 329 g/mol. The van der Waals surface area contributed by atoms with E-state index in [4.69, 9.17) is 0 Å². The van der Waals surface area contributed by atoms with Gasteiger partial charge in [-0.1, -0.05) is 0 Å². The van der Waals surface area contributed by atoms with Gasteiger partial charge in [0, 0.05) is 17.3 Å². The molecule has 3 unspecified atom stereocenters. The number of sulfone groups is 1. The summed E-state index contributed by atoms with van der Waals surface area (Å²) in [5.41, 5.74) is 0.605. The molecule has 0 radical (unpaired) electrons. The number of benzene rings is 1. The third kappa shape index (κ3) is 3.12. The summed E-state index contributed by atoms with van der Waals surface area (Å²) < 4.78 is 37.7. The molecule has 1 heterocycles. The Labute approximate surface area is 129 Å². The number of halogens is 1. The molecule has 3 rings (SSSR count). The highest BCUT2D eigenvalue weighted by Crippen LogP contribution is 2.35. The van der Waals surface area contributed by atoms with E-state index in [1.807, 2.05) is 11.8 Å². The van der Waals surface area contributed by atoms with Crippen LogP contribution in [-0.2, 0) is 9.84 Å². The Balaban J connectivity index is 1.83. The van der Waals surface area contributed by atoms with Crippen LogP contribution < -0.4 is 5.32 Å². The van der Waals surface area contributed by atoms with Crippen LogP contribution in [0.1, 0.15) is 37.3 Å².